The molecule has 1 atom stereocenters. The van der Waals surface area contributed by atoms with Crippen molar-refractivity contribution in [3.63, 3.8) is 0 Å². The number of thiocarbonyl (C=S) groups is 1. The molecule has 2 aromatic rings. The first-order valence-electron chi connectivity index (χ1n) is 8.06. The highest BCUT2D eigenvalue weighted by Gasteiger charge is 2.14. The fraction of sp³-hybridized carbons (Fsp3) is 0.316. The van der Waals surface area contributed by atoms with E-state index in [1.807, 2.05) is 14.1 Å². The van der Waals surface area contributed by atoms with Crippen LogP contribution in [0.15, 0.2) is 48.5 Å². The Morgan fingerprint density at radius 2 is 1.79 bits per heavy atom. The summed E-state index contributed by atoms with van der Waals surface area (Å²) in [7, 11) is 4.07. The molecule has 0 unspecified atom stereocenters. The molecule has 2 rings (SSSR count). The molecular weight excluding hydrogens is 321 g/mol. The largest absolute Gasteiger partial charge is 0.361 e. The molecule has 24 heavy (non-hydrogen) atoms. The van der Waals surface area contributed by atoms with Crippen LogP contribution in [0, 0.1) is 5.82 Å². The Labute approximate surface area is 148 Å². The van der Waals surface area contributed by atoms with Crippen LogP contribution in [0.5, 0.6) is 0 Å². The van der Waals surface area contributed by atoms with Crippen molar-refractivity contribution in [3.05, 3.63) is 65.5 Å². The van der Waals surface area contributed by atoms with Crippen LogP contribution in [0.25, 0.3) is 0 Å². The Hall–Kier alpha value is -1.98. The first-order valence-corrected chi connectivity index (χ1v) is 8.46. The van der Waals surface area contributed by atoms with Crippen molar-refractivity contribution in [2.45, 2.75) is 19.4 Å². The van der Waals surface area contributed by atoms with Crippen molar-refractivity contribution in [1.82, 2.24) is 10.2 Å². The average Bonchev–Trinajstić information content (AvgIpc) is 2.57. The molecule has 0 aliphatic heterocycles. The van der Waals surface area contributed by atoms with E-state index in [0.29, 0.717) is 17.3 Å². The third kappa shape index (κ3) is 5.01. The van der Waals surface area contributed by atoms with E-state index >= 15 is 0 Å². The van der Waals surface area contributed by atoms with Gasteiger partial charge in [-0.05, 0) is 56.0 Å². The Balaban J connectivity index is 1.98. The number of likely N-dealkylation sites (N-methyl/N-ethyl adjacent to an activating group) is 1. The number of para-hydroxylation sites is 1. The molecule has 0 spiro atoms. The third-order valence-corrected chi connectivity index (χ3v) is 4.22. The monoisotopic (exact) mass is 345 g/mol. The highest BCUT2D eigenvalue weighted by atomic mass is 32.1. The lowest BCUT2D eigenvalue weighted by atomic mass is 10.0. The fourth-order valence-electron chi connectivity index (χ4n) is 2.49. The number of aryl methyl sites for hydroxylation is 1. The van der Waals surface area contributed by atoms with E-state index in [2.05, 4.69) is 46.7 Å². The summed E-state index contributed by atoms with van der Waals surface area (Å²) in [5.41, 5.74) is 2.92. The lowest BCUT2D eigenvalue weighted by molar-refractivity contribution is 0.299. The van der Waals surface area contributed by atoms with E-state index in [9.17, 15) is 4.39 Å². The zero-order valence-electron chi connectivity index (χ0n) is 14.3. The fourth-order valence-corrected chi connectivity index (χ4v) is 2.69. The van der Waals surface area contributed by atoms with Crippen LogP contribution < -0.4 is 10.6 Å². The molecule has 5 heteroatoms. The summed E-state index contributed by atoms with van der Waals surface area (Å²) < 4.78 is 13.7. The molecular formula is C19H24FN3S. The summed E-state index contributed by atoms with van der Waals surface area (Å²) in [5, 5.41) is 6.49. The highest BCUT2D eigenvalue weighted by molar-refractivity contribution is 7.80. The first kappa shape index (κ1) is 18.4. The van der Waals surface area contributed by atoms with Gasteiger partial charge in [0.25, 0.3) is 0 Å². The van der Waals surface area contributed by atoms with Crippen LogP contribution in [0.2, 0.25) is 0 Å². The second-order valence-electron chi connectivity index (χ2n) is 5.89. The third-order valence-electron chi connectivity index (χ3n) is 3.97. The van der Waals surface area contributed by atoms with Gasteiger partial charge < -0.3 is 15.5 Å². The van der Waals surface area contributed by atoms with Crippen molar-refractivity contribution in [2.75, 3.05) is 26.0 Å². The van der Waals surface area contributed by atoms with Crippen molar-refractivity contribution < 1.29 is 4.39 Å². The minimum Gasteiger partial charge on any atom is -0.361 e. The quantitative estimate of drug-likeness (QED) is 0.775. The van der Waals surface area contributed by atoms with Crippen molar-refractivity contribution in [1.29, 1.82) is 0 Å². The molecule has 0 aromatic heterocycles. The number of benzene rings is 2. The van der Waals surface area contributed by atoms with Gasteiger partial charge in [0.05, 0.1) is 11.7 Å². The van der Waals surface area contributed by atoms with Crippen LogP contribution in [0.1, 0.15) is 24.1 Å². The number of anilines is 1. The summed E-state index contributed by atoms with van der Waals surface area (Å²) in [6.45, 7) is 2.78. The van der Waals surface area contributed by atoms with Crippen molar-refractivity contribution in [3.8, 4) is 0 Å². The summed E-state index contributed by atoms with van der Waals surface area (Å²) in [4.78, 5) is 2.14. The van der Waals surface area contributed by atoms with Gasteiger partial charge in [-0.2, -0.15) is 0 Å². The molecule has 0 radical (unpaired) electrons. The Kier molecular flexibility index (Phi) is 6.70. The molecule has 0 aliphatic carbocycles. The Morgan fingerprint density at radius 1 is 1.12 bits per heavy atom. The number of nitrogens with one attached hydrogen (secondary N) is 2. The summed E-state index contributed by atoms with van der Waals surface area (Å²) in [6, 6.07) is 15.3. The van der Waals surface area contributed by atoms with Crippen molar-refractivity contribution in [2.24, 2.45) is 0 Å². The lowest BCUT2D eigenvalue weighted by Gasteiger charge is -2.26. The second kappa shape index (κ2) is 8.76. The highest BCUT2D eigenvalue weighted by Crippen LogP contribution is 2.18. The molecule has 3 nitrogen and oxygen atoms in total. The predicted octanol–water partition coefficient (Wildman–Crippen LogP) is 3.98. The minimum atomic E-state index is -0.319. The number of rotatable bonds is 6. The number of halogens is 1. The maximum atomic E-state index is 13.7. The van der Waals surface area contributed by atoms with Gasteiger partial charge in [-0.15, -0.1) is 0 Å². The zero-order chi connectivity index (χ0) is 17.5. The molecule has 0 fully saturated rings. The predicted molar refractivity (Wildman–Crippen MR) is 103 cm³/mol. The van der Waals surface area contributed by atoms with E-state index in [0.717, 1.165) is 6.42 Å². The van der Waals surface area contributed by atoms with E-state index in [1.54, 1.807) is 18.2 Å². The summed E-state index contributed by atoms with van der Waals surface area (Å²) >= 11 is 5.28. The van der Waals surface area contributed by atoms with Gasteiger partial charge in [0, 0.05) is 6.54 Å². The average molecular weight is 345 g/mol. The van der Waals surface area contributed by atoms with Crippen LogP contribution in [-0.4, -0.2) is 30.7 Å². The van der Waals surface area contributed by atoms with Crippen LogP contribution in [-0.2, 0) is 6.42 Å². The van der Waals surface area contributed by atoms with E-state index in [4.69, 9.17) is 12.2 Å². The topological polar surface area (TPSA) is 27.3 Å². The molecule has 2 aromatic carbocycles. The Morgan fingerprint density at radius 3 is 2.38 bits per heavy atom. The molecule has 128 valence electrons. The maximum absolute atomic E-state index is 13.7. The van der Waals surface area contributed by atoms with Gasteiger partial charge >= 0.3 is 0 Å². The van der Waals surface area contributed by atoms with E-state index in [1.165, 1.54) is 17.2 Å². The normalized spacial score (nSPS) is 12.0. The lowest BCUT2D eigenvalue weighted by Crippen LogP contribution is -2.36. The molecule has 0 amide bonds. The van der Waals surface area contributed by atoms with Gasteiger partial charge in [0.15, 0.2) is 5.11 Å². The van der Waals surface area contributed by atoms with Gasteiger partial charge in [0.2, 0.25) is 0 Å². The number of hydrogen-bond donors (Lipinski definition) is 2. The first-order chi connectivity index (χ1) is 11.5. The second-order valence-corrected chi connectivity index (χ2v) is 6.30. The SMILES string of the molecule is CCc1ccc([C@@H](CNC(=S)Nc2ccccc2F)N(C)C)cc1. The van der Waals surface area contributed by atoms with Crippen LogP contribution in [0.3, 0.4) is 0 Å². The standard InChI is InChI=1S/C19H24FN3S/c1-4-14-9-11-15(12-10-14)18(23(2)3)13-21-19(24)22-17-8-6-5-7-16(17)20/h5-12,18H,4,13H2,1-3H3,(H2,21,22,24)/t18-/m1/s1. The van der Waals surface area contributed by atoms with Crippen molar-refractivity contribution >= 4 is 23.0 Å². The van der Waals surface area contributed by atoms with E-state index in [-0.39, 0.29) is 11.9 Å². The number of nitrogens with zero attached hydrogens (tertiary/aromatic N) is 1. The minimum absolute atomic E-state index is 0.177. The van der Waals surface area contributed by atoms with Gasteiger partial charge in [0.1, 0.15) is 5.82 Å². The zero-order valence-corrected chi connectivity index (χ0v) is 15.2. The summed E-state index contributed by atoms with van der Waals surface area (Å²) in [6.07, 6.45) is 1.03. The molecule has 2 N–H and O–H groups in total. The Bertz CT molecular complexity index is 671. The summed E-state index contributed by atoms with van der Waals surface area (Å²) in [5.74, 6) is -0.319. The van der Waals surface area contributed by atoms with E-state index < -0.39 is 0 Å². The smallest absolute Gasteiger partial charge is 0.170 e. The van der Waals surface area contributed by atoms with Gasteiger partial charge in [-0.25, -0.2) is 4.39 Å². The molecule has 0 aliphatic rings. The maximum Gasteiger partial charge on any atom is 0.170 e. The number of hydrogen-bond acceptors (Lipinski definition) is 2. The molecule has 0 bridgehead atoms. The molecule has 0 saturated heterocycles. The molecule has 0 heterocycles. The van der Waals surface area contributed by atoms with Gasteiger partial charge in [-0.1, -0.05) is 43.3 Å². The van der Waals surface area contributed by atoms with Crippen LogP contribution >= 0.6 is 12.2 Å². The van der Waals surface area contributed by atoms with Crippen LogP contribution in [0.4, 0.5) is 10.1 Å². The molecule has 0 saturated carbocycles. The van der Waals surface area contributed by atoms with Gasteiger partial charge in [-0.3, -0.25) is 0 Å².